The molecular weight excluding hydrogens is 634 g/mol. The second-order valence-electron chi connectivity index (χ2n) is 15.9. The molecule has 0 bridgehead atoms. The number of amides is 4. The molecule has 2 spiro atoms. The average Bonchev–Trinajstić information content (AvgIpc) is 3.69. The zero-order chi connectivity index (χ0) is 35.7. The smallest absolute Gasteiger partial charge is 0.408 e. The molecule has 0 aromatic heterocycles. The standard InChI is InChI=1S/C35H51N5O7S/c1-10-22-18-35(22,29(43)39-48(45,46)25-15-12-11-14-23(25)36-9)38-27(41)24-19-34(32(7,8)33(34)16-13-17-33)20-40(24)28(42)26(21(2)3)37-30(44)47-31(4,5)6/h10-12,14-15,21-22,24,26,36H,1,13,16-20H2,2-9H3,(H,37,44)(H,38,41)(H,39,43)/t22-,24+,26+,34-,35-/m1/s1. The van der Waals surface area contributed by atoms with E-state index in [-0.39, 0.29) is 33.5 Å². The summed E-state index contributed by atoms with van der Waals surface area (Å²) in [5, 5.41) is 8.45. The maximum Gasteiger partial charge on any atom is 0.408 e. The number of anilines is 1. The molecule has 0 unspecified atom stereocenters. The molecule has 1 aliphatic heterocycles. The molecule has 48 heavy (non-hydrogen) atoms. The maximum atomic E-state index is 14.4. The zero-order valence-electron chi connectivity index (χ0n) is 29.4. The van der Waals surface area contributed by atoms with Crippen molar-refractivity contribution in [3.8, 4) is 0 Å². The van der Waals surface area contributed by atoms with Gasteiger partial charge in [-0.15, -0.1) is 6.58 Å². The molecule has 264 valence electrons. The Morgan fingerprint density at radius 2 is 1.71 bits per heavy atom. The summed E-state index contributed by atoms with van der Waals surface area (Å²) < 4.78 is 34.3. The van der Waals surface area contributed by atoms with Crippen LogP contribution in [0.25, 0.3) is 0 Å². The molecule has 13 heteroatoms. The van der Waals surface area contributed by atoms with Crippen molar-refractivity contribution in [3.05, 3.63) is 36.9 Å². The minimum absolute atomic E-state index is 0.00651. The number of nitrogens with one attached hydrogen (secondary N) is 4. The lowest BCUT2D eigenvalue weighted by atomic mass is 9.73. The van der Waals surface area contributed by atoms with Crippen LogP contribution in [0.5, 0.6) is 0 Å². The van der Waals surface area contributed by atoms with Crippen LogP contribution in [-0.4, -0.2) is 73.9 Å². The van der Waals surface area contributed by atoms with Crippen molar-refractivity contribution in [3.63, 3.8) is 0 Å². The lowest BCUT2D eigenvalue weighted by Gasteiger charge is -2.33. The summed E-state index contributed by atoms with van der Waals surface area (Å²) in [4.78, 5) is 56.8. The van der Waals surface area contributed by atoms with E-state index in [0.717, 1.165) is 19.3 Å². The first-order valence-corrected chi connectivity index (χ1v) is 18.3. The van der Waals surface area contributed by atoms with Gasteiger partial charge in [0, 0.05) is 24.9 Å². The zero-order valence-corrected chi connectivity index (χ0v) is 30.2. The Hall–Kier alpha value is -3.61. The highest BCUT2D eigenvalue weighted by atomic mass is 32.2. The average molecular weight is 686 g/mol. The van der Waals surface area contributed by atoms with E-state index in [2.05, 4.69) is 41.1 Å². The fourth-order valence-corrected chi connectivity index (χ4v) is 9.96. The Morgan fingerprint density at radius 3 is 2.21 bits per heavy atom. The number of para-hydroxylation sites is 1. The van der Waals surface area contributed by atoms with Crippen LogP contribution in [0.1, 0.15) is 80.6 Å². The van der Waals surface area contributed by atoms with Crippen molar-refractivity contribution in [2.45, 2.75) is 109 Å². The summed E-state index contributed by atoms with van der Waals surface area (Å²) in [5.41, 5.74) is -2.43. The molecular formula is C35H51N5O7S. The predicted molar refractivity (Wildman–Crippen MR) is 181 cm³/mol. The van der Waals surface area contributed by atoms with Crippen LogP contribution in [0.15, 0.2) is 41.8 Å². The summed E-state index contributed by atoms with van der Waals surface area (Å²) in [6.45, 7) is 17.4. The third kappa shape index (κ3) is 5.55. The van der Waals surface area contributed by atoms with E-state index in [9.17, 15) is 27.6 Å². The highest BCUT2D eigenvalue weighted by Crippen LogP contribution is 2.88. The van der Waals surface area contributed by atoms with Crippen LogP contribution in [0.3, 0.4) is 0 Å². The molecule has 1 aromatic carbocycles. The minimum atomic E-state index is -4.30. The third-order valence-electron chi connectivity index (χ3n) is 11.7. The van der Waals surface area contributed by atoms with Gasteiger partial charge in [0.05, 0.1) is 5.69 Å². The van der Waals surface area contributed by atoms with E-state index in [1.54, 1.807) is 50.9 Å². The van der Waals surface area contributed by atoms with Crippen molar-refractivity contribution in [2.24, 2.45) is 28.1 Å². The number of carbonyl (C=O) groups excluding carboxylic acids is 4. The lowest BCUT2D eigenvalue weighted by Crippen LogP contribution is -2.59. The number of sulfonamides is 1. The minimum Gasteiger partial charge on any atom is -0.444 e. The van der Waals surface area contributed by atoms with Gasteiger partial charge in [0.25, 0.3) is 15.9 Å². The van der Waals surface area contributed by atoms with Gasteiger partial charge in [0.15, 0.2) is 0 Å². The molecule has 12 nitrogen and oxygen atoms in total. The number of nitrogens with zero attached hydrogens (tertiary/aromatic N) is 1. The number of hydrogen-bond acceptors (Lipinski definition) is 8. The molecule has 3 aliphatic carbocycles. The van der Waals surface area contributed by atoms with Crippen LogP contribution < -0.4 is 20.7 Å². The number of hydrogen-bond donors (Lipinski definition) is 4. The number of benzene rings is 1. The summed E-state index contributed by atoms with van der Waals surface area (Å²) in [6, 6.07) is 4.30. The Kier molecular flexibility index (Phi) is 8.75. The Morgan fingerprint density at radius 1 is 1.06 bits per heavy atom. The molecule has 1 saturated heterocycles. The largest absolute Gasteiger partial charge is 0.444 e. The molecule has 3 saturated carbocycles. The molecule has 4 fully saturated rings. The molecule has 4 amide bonds. The molecule has 4 N–H and O–H groups in total. The Bertz CT molecular complexity index is 1630. The van der Waals surface area contributed by atoms with Crippen molar-refractivity contribution < 1.29 is 32.3 Å². The highest BCUT2D eigenvalue weighted by molar-refractivity contribution is 7.90. The van der Waals surface area contributed by atoms with Crippen molar-refractivity contribution in [2.75, 3.05) is 18.9 Å². The predicted octanol–water partition coefficient (Wildman–Crippen LogP) is 3.94. The fraction of sp³-hybridized carbons (Fsp3) is 0.657. The molecule has 4 aliphatic rings. The van der Waals surface area contributed by atoms with Gasteiger partial charge in [0.1, 0.15) is 28.1 Å². The van der Waals surface area contributed by atoms with Gasteiger partial charge in [-0.3, -0.25) is 14.4 Å². The quantitative estimate of drug-likeness (QED) is 0.269. The van der Waals surface area contributed by atoms with E-state index in [0.29, 0.717) is 18.7 Å². The second-order valence-corrected chi connectivity index (χ2v) is 17.5. The number of carbonyl (C=O) groups is 4. The van der Waals surface area contributed by atoms with Gasteiger partial charge < -0.3 is 25.6 Å². The van der Waals surface area contributed by atoms with Gasteiger partial charge >= 0.3 is 6.09 Å². The second kappa shape index (κ2) is 11.8. The number of likely N-dealkylation sites (tertiary alicyclic amines) is 1. The van der Waals surface area contributed by atoms with Crippen LogP contribution in [0, 0.1) is 28.1 Å². The molecule has 5 rings (SSSR count). The number of ether oxygens (including phenoxy) is 1. The van der Waals surface area contributed by atoms with Gasteiger partial charge in [-0.2, -0.15) is 0 Å². The van der Waals surface area contributed by atoms with Crippen LogP contribution in [-0.2, 0) is 29.1 Å². The molecule has 0 radical (unpaired) electrons. The van der Waals surface area contributed by atoms with E-state index < -0.39 is 63.0 Å². The molecule has 1 heterocycles. The lowest BCUT2D eigenvalue weighted by molar-refractivity contribution is -0.141. The third-order valence-corrected chi connectivity index (χ3v) is 13.1. The first-order valence-electron chi connectivity index (χ1n) is 16.8. The van der Waals surface area contributed by atoms with E-state index >= 15 is 0 Å². The fourth-order valence-electron chi connectivity index (χ4n) is 8.70. The highest BCUT2D eigenvalue weighted by Gasteiger charge is 2.85. The SMILES string of the molecule is C=C[C@@H]1C[C@]1(NC(=O)[C@@H]1C[C@@]2(CN1C(=O)[C@@H](NC(=O)OC(C)(C)C)C(C)C)C(C)(C)C21CCC1)C(=O)NS(=O)(=O)c1ccccc1NC. The summed E-state index contributed by atoms with van der Waals surface area (Å²) in [7, 11) is -2.72. The molecule has 5 atom stereocenters. The number of rotatable bonds is 10. The van der Waals surface area contributed by atoms with Crippen LogP contribution in [0.2, 0.25) is 0 Å². The first-order chi connectivity index (χ1) is 22.2. The van der Waals surface area contributed by atoms with Crippen molar-refractivity contribution in [1.29, 1.82) is 0 Å². The topological polar surface area (TPSA) is 163 Å². The Labute approximate surface area is 284 Å². The van der Waals surface area contributed by atoms with Crippen LogP contribution in [0.4, 0.5) is 10.5 Å². The maximum absolute atomic E-state index is 14.4. The summed E-state index contributed by atoms with van der Waals surface area (Å²) >= 11 is 0. The monoisotopic (exact) mass is 685 g/mol. The first kappa shape index (κ1) is 35.7. The number of fused-ring (bicyclic) bond motifs is 1. The van der Waals surface area contributed by atoms with E-state index in [1.165, 1.54) is 12.1 Å². The summed E-state index contributed by atoms with van der Waals surface area (Å²) in [6.07, 6.45) is 4.47. The van der Waals surface area contributed by atoms with Crippen molar-refractivity contribution >= 4 is 39.5 Å². The van der Waals surface area contributed by atoms with Crippen molar-refractivity contribution in [1.82, 2.24) is 20.3 Å². The molecule has 1 aromatic rings. The Balaban J connectivity index is 1.43. The normalized spacial score (nSPS) is 28.6. The van der Waals surface area contributed by atoms with Gasteiger partial charge in [-0.05, 0) is 75.3 Å². The van der Waals surface area contributed by atoms with Gasteiger partial charge in [0.2, 0.25) is 11.8 Å². The number of alkyl carbamates (subject to hydrolysis) is 1. The van der Waals surface area contributed by atoms with Gasteiger partial charge in [-0.1, -0.05) is 52.3 Å². The van der Waals surface area contributed by atoms with E-state index in [1.807, 2.05) is 13.8 Å². The van der Waals surface area contributed by atoms with Gasteiger partial charge in [-0.25, -0.2) is 17.9 Å². The van der Waals surface area contributed by atoms with Crippen LogP contribution >= 0.6 is 0 Å². The summed E-state index contributed by atoms with van der Waals surface area (Å²) in [5.74, 6) is -2.63. The van der Waals surface area contributed by atoms with E-state index in [4.69, 9.17) is 4.74 Å².